The fraction of sp³-hybridized carbons (Fsp3) is 0.727. The molecule has 0 aromatic heterocycles. The van der Waals surface area contributed by atoms with E-state index in [4.69, 9.17) is 4.74 Å². The van der Waals surface area contributed by atoms with E-state index in [1.807, 2.05) is 13.8 Å². The third-order valence-electron chi connectivity index (χ3n) is 2.45. The fourth-order valence-corrected chi connectivity index (χ4v) is 1.65. The van der Waals surface area contributed by atoms with E-state index in [1.54, 1.807) is 0 Å². The van der Waals surface area contributed by atoms with Crippen LogP contribution in [-0.4, -0.2) is 24.0 Å². The first-order valence-electron chi connectivity index (χ1n) is 5.33. The molecule has 1 rings (SSSR count). The summed E-state index contributed by atoms with van der Waals surface area (Å²) < 4.78 is 4.93. The van der Waals surface area contributed by atoms with Gasteiger partial charge in [0, 0.05) is 11.6 Å². The molecule has 0 saturated carbocycles. The molecule has 4 heteroatoms. The van der Waals surface area contributed by atoms with Crippen molar-refractivity contribution in [1.29, 1.82) is 0 Å². The van der Waals surface area contributed by atoms with Crippen LogP contribution in [0.5, 0.6) is 0 Å². The highest BCUT2D eigenvalue weighted by molar-refractivity contribution is 6.11. The van der Waals surface area contributed by atoms with Gasteiger partial charge in [-0.1, -0.05) is 13.8 Å². The average molecular weight is 210 g/mol. The minimum absolute atomic E-state index is 0.0454. The summed E-state index contributed by atoms with van der Waals surface area (Å²) in [5.74, 6) is 0.196. The first-order chi connectivity index (χ1) is 7.06. The Balaban J connectivity index is 2.63. The highest BCUT2D eigenvalue weighted by Crippen LogP contribution is 2.21. The molecule has 0 bridgehead atoms. The monoisotopic (exact) mass is 210 g/mol. The first-order valence-corrected chi connectivity index (χ1v) is 5.33. The second-order valence-electron chi connectivity index (χ2n) is 3.98. The number of nitrogens with zero attached hydrogens (tertiary/aromatic N) is 2. The van der Waals surface area contributed by atoms with E-state index in [0.29, 0.717) is 18.9 Å². The van der Waals surface area contributed by atoms with Gasteiger partial charge in [0.05, 0.1) is 18.7 Å². The maximum absolute atomic E-state index is 11.4. The summed E-state index contributed by atoms with van der Waals surface area (Å²) in [4.78, 5) is 11.4. The van der Waals surface area contributed by atoms with Gasteiger partial charge in [-0.25, -0.2) is 0 Å². The average Bonchev–Trinajstić information content (AvgIpc) is 2.48. The van der Waals surface area contributed by atoms with Crippen LogP contribution in [0.2, 0.25) is 0 Å². The van der Waals surface area contributed by atoms with E-state index < -0.39 is 0 Å². The van der Waals surface area contributed by atoms with Gasteiger partial charge < -0.3 is 4.74 Å². The van der Waals surface area contributed by atoms with Crippen molar-refractivity contribution < 1.29 is 9.53 Å². The maximum atomic E-state index is 11.4. The summed E-state index contributed by atoms with van der Waals surface area (Å²) in [6, 6.07) is 0. The molecule has 1 atom stereocenters. The molecule has 84 valence electrons. The Morgan fingerprint density at radius 1 is 1.47 bits per heavy atom. The lowest BCUT2D eigenvalue weighted by Crippen LogP contribution is -2.26. The second-order valence-corrected chi connectivity index (χ2v) is 3.98. The molecule has 1 unspecified atom stereocenters. The van der Waals surface area contributed by atoms with Crippen molar-refractivity contribution >= 4 is 17.4 Å². The van der Waals surface area contributed by atoms with Crippen LogP contribution >= 0.6 is 0 Å². The number of esters is 1. The molecule has 0 fully saturated rings. The smallest absolute Gasteiger partial charge is 0.306 e. The van der Waals surface area contributed by atoms with E-state index in [1.165, 1.54) is 0 Å². The normalized spacial score (nSPS) is 20.2. The van der Waals surface area contributed by atoms with Gasteiger partial charge in [0.2, 0.25) is 0 Å². The topological polar surface area (TPSA) is 51.0 Å². The summed E-state index contributed by atoms with van der Waals surface area (Å²) in [7, 11) is 0. The highest BCUT2D eigenvalue weighted by atomic mass is 16.5. The zero-order valence-corrected chi connectivity index (χ0v) is 9.78. The van der Waals surface area contributed by atoms with Gasteiger partial charge in [-0.3, -0.25) is 4.79 Å². The van der Waals surface area contributed by atoms with E-state index in [9.17, 15) is 4.79 Å². The van der Waals surface area contributed by atoms with E-state index in [0.717, 1.165) is 11.4 Å². The van der Waals surface area contributed by atoms with Crippen molar-refractivity contribution in [2.45, 2.75) is 34.1 Å². The summed E-state index contributed by atoms with van der Waals surface area (Å²) in [5, 5.41) is 8.14. The van der Waals surface area contributed by atoms with Crippen LogP contribution in [-0.2, 0) is 9.53 Å². The Morgan fingerprint density at radius 3 is 2.67 bits per heavy atom. The Kier molecular flexibility index (Phi) is 4.00. The number of ether oxygens (including phenoxy) is 1. The van der Waals surface area contributed by atoms with Crippen LogP contribution in [0.4, 0.5) is 0 Å². The molecule has 0 N–H and O–H groups in total. The number of carbonyl (C=O) groups is 1. The molecule has 0 spiro atoms. The molecule has 1 aliphatic rings. The Labute approximate surface area is 90.4 Å². The van der Waals surface area contributed by atoms with Crippen LogP contribution < -0.4 is 0 Å². The molecular formula is C11H18N2O2. The molecule has 1 aliphatic heterocycles. The summed E-state index contributed by atoms with van der Waals surface area (Å²) >= 11 is 0. The lowest BCUT2D eigenvalue weighted by molar-refractivity contribution is -0.143. The molecule has 0 aromatic carbocycles. The van der Waals surface area contributed by atoms with Gasteiger partial charge in [0.15, 0.2) is 0 Å². The number of hydrogen-bond acceptors (Lipinski definition) is 4. The Bertz CT molecular complexity index is 306. The quantitative estimate of drug-likeness (QED) is 0.667. The van der Waals surface area contributed by atoms with Crippen LogP contribution in [0, 0.1) is 11.8 Å². The van der Waals surface area contributed by atoms with Gasteiger partial charge >= 0.3 is 5.97 Å². The van der Waals surface area contributed by atoms with Gasteiger partial charge in [-0.2, -0.15) is 10.2 Å². The van der Waals surface area contributed by atoms with Crippen LogP contribution in [0.15, 0.2) is 10.2 Å². The molecule has 15 heavy (non-hydrogen) atoms. The predicted molar refractivity (Wildman–Crippen MR) is 60.1 cm³/mol. The van der Waals surface area contributed by atoms with Crippen molar-refractivity contribution in [2.24, 2.45) is 22.0 Å². The van der Waals surface area contributed by atoms with Crippen molar-refractivity contribution in [1.82, 2.24) is 0 Å². The highest BCUT2D eigenvalue weighted by Gasteiger charge is 2.28. The van der Waals surface area contributed by atoms with Gasteiger partial charge in [0.1, 0.15) is 0 Å². The van der Waals surface area contributed by atoms with Crippen LogP contribution in [0.1, 0.15) is 34.1 Å². The minimum atomic E-state index is -0.174. The number of hydrogen-bond donors (Lipinski definition) is 0. The fourth-order valence-electron chi connectivity index (χ4n) is 1.65. The molecule has 4 nitrogen and oxygen atoms in total. The lowest BCUT2D eigenvalue weighted by atomic mass is 9.89. The summed E-state index contributed by atoms with van der Waals surface area (Å²) in [6.07, 6.45) is 0.361. The van der Waals surface area contributed by atoms with Crippen molar-refractivity contribution in [2.75, 3.05) is 6.61 Å². The van der Waals surface area contributed by atoms with Gasteiger partial charge in [-0.15, -0.1) is 0 Å². The third kappa shape index (κ3) is 2.88. The number of rotatable bonds is 4. The SMILES string of the molecule is CCOC(=O)CC1C(C)=NN=C1C(C)C. The zero-order valence-electron chi connectivity index (χ0n) is 9.78. The number of carbonyl (C=O) groups excluding carboxylic acids is 1. The van der Waals surface area contributed by atoms with Crippen LogP contribution in [0.3, 0.4) is 0 Å². The molecule has 0 saturated heterocycles. The standard InChI is InChI=1S/C11H18N2O2/c1-5-15-10(14)6-9-8(4)12-13-11(9)7(2)3/h7,9H,5-6H2,1-4H3. The van der Waals surface area contributed by atoms with E-state index >= 15 is 0 Å². The third-order valence-corrected chi connectivity index (χ3v) is 2.45. The summed E-state index contributed by atoms with van der Waals surface area (Å²) in [6.45, 7) is 8.26. The summed E-state index contributed by atoms with van der Waals surface area (Å²) in [5.41, 5.74) is 1.90. The molecular weight excluding hydrogens is 192 g/mol. The van der Waals surface area contributed by atoms with Crippen LogP contribution in [0.25, 0.3) is 0 Å². The maximum Gasteiger partial charge on any atom is 0.306 e. The largest absolute Gasteiger partial charge is 0.466 e. The second kappa shape index (κ2) is 5.05. The predicted octanol–water partition coefficient (Wildman–Crippen LogP) is 2.04. The molecule has 0 aliphatic carbocycles. The molecule has 0 aromatic rings. The van der Waals surface area contributed by atoms with E-state index in [-0.39, 0.29) is 11.9 Å². The Morgan fingerprint density at radius 2 is 2.13 bits per heavy atom. The van der Waals surface area contributed by atoms with Crippen molar-refractivity contribution in [3.63, 3.8) is 0 Å². The van der Waals surface area contributed by atoms with Gasteiger partial charge in [-0.05, 0) is 19.8 Å². The van der Waals surface area contributed by atoms with Crippen molar-refractivity contribution in [3.05, 3.63) is 0 Å². The molecule has 0 amide bonds. The zero-order chi connectivity index (χ0) is 11.4. The van der Waals surface area contributed by atoms with Gasteiger partial charge in [0.25, 0.3) is 0 Å². The van der Waals surface area contributed by atoms with Crippen molar-refractivity contribution in [3.8, 4) is 0 Å². The minimum Gasteiger partial charge on any atom is -0.466 e. The molecule has 1 heterocycles. The Hall–Kier alpha value is -1.19. The van der Waals surface area contributed by atoms with E-state index in [2.05, 4.69) is 24.1 Å². The molecule has 0 radical (unpaired) electrons. The first kappa shape index (κ1) is 11.9. The lowest BCUT2D eigenvalue weighted by Gasteiger charge is -2.14.